The first-order valence-electron chi connectivity index (χ1n) is 7.67. The molecule has 0 bridgehead atoms. The molecule has 1 aromatic rings. The van der Waals surface area contributed by atoms with Gasteiger partial charge < -0.3 is 10.0 Å². The summed E-state index contributed by atoms with van der Waals surface area (Å²) in [7, 11) is 1.66. The van der Waals surface area contributed by atoms with E-state index < -0.39 is 6.10 Å². The molecular formula is C19H27BrN2OS. The highest BCUT2D eigenvalue weighted by Crippen LogP contribution is 2.11. The summed E-state index contributed by atoms with van der Waals surface area (Å²) in [6.45, 7) is 7.54. The van der Waals surface area contributed by atoms with Crippen LogP contribution in [0.1, 0.15) is 25.8 Å². The van der Waals surface area contributed by atoms with Crippen LogP contribution in [-0.2, 0) is 0 Å². The highest BCUT2D eigenvalue weighted by molar-refractivity contribution is 9.10. The number of benzene rings is 1. The van der Waals surface area contributed by atoms with Crippen LogP contribution in [0.15, 0.2) is 46.5 Å². The number of amidine groups is 1. The molecule has 132 valence electrons. The van der Waals surface area contributed by atoms with E-state index in [-0.39, 0.29) is 6.04 Å². The lowest BCUT2D eigenvalue weighted by Crippen LogP contribution is -2.40. The number of rotatable bonds is 4. The van der Waals surface area contributed by atoms with Gasteiger partial charge in [0.1, 0.15) is 11.9 Å². The van der Waals surface area contributed by atoms with Gasteiger partial charge in [-0.25, -0.2) is 0 Å². The molecule has 0 heterocycles. The Labute approximate surface area is 159 Å². The van der Waals surface area contributed by atoms with Crippen LogP contribution in [0.2, 0.25) is 0 Å². The minimum atomic E-state index is -0.656. The summed E-state index contributed by atoms with van der Waals surface area (Å²) in [5.41, 5.74) is 0.952. The van der Waals surface area contributed by atoms with E-state index in [4.69, 9.17) is 0 Å². The summed E-state index contributed by atoms with van der Waals surface area (Å²) < 4.78 is 1.03. The van der Waals surface area contributed by atoms with Crippen molar-refractivity contribution >= 4 is 33.5 Å². The second-order valence-corrected chi connectivity index (χ2v) is 6.69. The van der Waals surface area contributed by atoms with Crippen molar-refractivity contribution in [2.24, 2.45) is 4.99 Å². The van der Waals surface area contributed by atoms with E-state index in [2.05, 4.69) is 39.3 Å². The lowest BCUT2D eigenvalue weighted by molar-refractivity contribution is 0.241. The third kappa shape index (κ3) is 8.05. The van der Waals surface area contributed by atoms with Crippen LogP contribution in [-0.4, -0.2) is 47.5 Å². The minimum absolute atomic E-state index is 0.0700. The fourth-order valence-corrected chi connectivity index (χ4v) is 2.23. The zero-order valence-corrected chi connectivity index (χ0v) is 17.5. The van der Waals surface area contributed by atoms with Gasteiger partial charge in [0.15, 0.2) is 0 Å². The molecule has 0 aliphatic rings. The predicted molar refractivity (Wildman–Crippen MR) is 112 cm³/mol. The fourth-order valence-electron chi connectivity index (χ4n) is 1.97. The van der Waals surface area contributed by atoms with Gasteiger partial charge in [-0.05, 0) is 56.3 Å². The second-order valence-electron chi connectivity index (χ2n) is 4.96. The highest BCUT2D eigenvalue weighted by atomic mass is 79.9. The molecule has 0 aliphatic heterocycles. The van der Waals surface area contributed by atoms with Crippen molar-refractivity contribution in [1.82, 2.24) is 4.90 Å². The summed E-state index contributed by atoms with van der Waals surface area (Å²) >= 11 is 5.15. The quantitative estimate of drug-likeness (QED) is 0.453. The largest absolute Gasteiger partial charge is 0.385 e. The predicted octanol–water partition coefficient (Wildman–Crippen LogP) is 4.41. The molecule has 2 atom stereocenters. The van der Waals surface area contributed by atoms with Crippen molar-refractivity contribution in [2.45, 2.75) is 32.4 Å². The standard InChI is InChI=1S/C17H21BrN2O.C2H6S/c1-5-16(20(6-2)17(19-4)13(3)21)12-9-14-7-10-15(18)11-8-14;1-3-2/h6-8,10-11,13,16,21H,2,5H2,1,3-4H3;1-2H3/t13-,16?;/m0./s1. The molecule has 0 radical (unpaired) electrons. The Bertz CT molecular complexity index is 573. The molecule has 0 amide bonds. The van der Waals surface area contributed by atoms with E-state index in [1.54, 1.807) is 31.9 Å². The van der Waals surface area contributed by atoms with Gasteiger partial charge in [0.25, 0.3) is 0 Å². The molecule has 1 rings (SSSR count). The Balaban J connectivity index is 0.00000163. The van der Waals surface area contributed by atoms with Gasteiger partial charge in [0, 0.05) is 17.1 Å². The van der Waals surface area contributed by atoms with Crippen molar-refractivity contribution in [3.05, 3.63) is 47.1 Å². The Morgan fingerprint density at radius 1 is 1.42 bits per heavy atom. The molecule has 0 saturated heterocycles. The van der Waals surface area contributed by atoms with Crippen LogP contribution in [0.5, 0.6) is 0 Å². The number of hydrogen-bond donors (Lipinski definition) is 1. The number of thioether (sulfide) groups is 1. The average Bonchev–Trinajstić information content (AvgIpc) is 2.56. The summed E-state index contributed by atoms with van der Waals surface area (Å²) in [6.07, 6.45) is 5.90. The normalized spacial score (nSPS) is 12.9. The van der Waals surface area contributed by atoms with E-state index in [0.717, 1.165) is 16.5 Å². The van der Waals surface area contributed by atoms with Crippen LogP contribution >= 0.6 is 27.7 Å². The number of aliphatic hydroxyl groups excluding tert-OH is 1. The van der Waals surface area contributed by atoms with Crippen LogP contribution in [0.25, 0.3) is 0 Å². The maximum atomic E-state index is 9.80. The van der Waals surface area contributed by atoms with Crippen molar-refractivity contribution in [2.75, 3.05) is 19.6 Å². The maximum absolute atomic E-state index is 9.80. The van der Waals surface area contributed by atoms with Gasteiger partial charge >= 0.3 is 0 Å². The number of nitrogens with zero attached hydrogens (tertiary/aromatic N) is 2. The number of hydrogen-bond acceptors (Lipinski definition) is 3. The molecule has 24 heavy (non-hydrogen) atoms. The number of aliphatic hydroxyl groups is 1. The molecule has 3 nitrogen and oxygen atoms in total. The van der Waals surface area contributed by atoms with Gasteiger partial charge in [-0.15, -0.1) is 0 Å². The molecule has 1 aromatic carbocycles. The van der Waals surface area contributed by atoms with Gasteiger partial charge in [0.2, 0.25) is 0 Å². The SMILES string of the molecule is C=CN(C(=NC)[C@H](C)O)C(C#Cc1ccc(Br)cc1)CC.CSC. The molecule has 5 heteroatoms. The van der Waals surface area contributed by atoms with E-state index in [1.165, 1.54) is 0 Å². The average molecular weight is 411 g/mol. The molecule has 1 N–H and O–H groups in total. The lowest BCUT2D eigenvalue weighted by Gasteiger charge is -2.28. The Hall–Kier alpha value is -1.22. The smallest absolute Gasteiger partial charge is 0.133 e. The molecule has 0 saturated carbocycles. The minimum Gasteiger partial charge on any atom is -0.385 e. The zero-order valence-electron chi connectivity index (χ0n) is 15.1. The molecular weight excluding hydrogens is 384 g/mol. The molecule has 0 aliphatic carbocycles. The highest BCUT2D eigenvalue weighted by Gasteiger charge is 2.19. The Morgan fingerprint density at radius 3 is 2.33 bits per heavy atom. The summed E-state index contributed by atoms with van der Waals surface area (Å²) in [5.74, 6) is 6.95. The Kier molecular flexibility index (Phi) is 12.4. The van der Waals surface area contributed by atoms with Crippen molar-refractivity contribution in [3.8, 4) is 11.8 Å². The first-order valence-corrected chi connectivity index (χ1v) is 10.1. The summed E-state index contributed by atoms with van der Waals surface area (Å²) in [6, 6.07) is 7.78. The first-order chi connectivity index (χ1) is 11.4. The Morgan fingerprint density at radius 2 is 1.96 bits per heavy atom. The molecule has 0 fully saturated rings. The fraction of sp³-hybridized carbons (Fsp3) is 0.421. The molecule has 0 spiro atoms. The van der Waals surface area contributed by atoms with Crippen LogP contribution in [0, 0.1) is 11.8 Å². The zero-order chi connectivity index (χ0) is 18.5. The third-order valence-corrected chi connectivity index (χ3v) is 3.54. The van der Waals surface area contributed by atoms with E-state index >= 15 is 0 Å². The van der Waals surface area contributed by atoms with E-state index in [1.807, 2.05) is 48.6 Å². The van der Waals surface area contributed by atoms with Crippen LogP contribution < -0.4 is 0 Å². The molecule has 0 aromatic heterocycles. The monoisotopic (exact) mass is 410 g/mol. The van der Waals surface area contributed by atoms with Crippen LogP contribution in [0.4, 0.5) is 0 Å². The van der Waals surface area contributed by atoms with Gasteiger partial charge in [-0.3, -0.25) is 4.99 Å². The third-order valence-electron chi connectivity index (χ3n) is 3.01. The van der Waals surface area contributed by atoms with Crippen molar-refractivity contribution in [3.63, 3.8) is 0 Å². The van der Waals surface area contributed by atoms with E-state index in [0.29, 0.717) is 5.84 Å². The lowest BCUT2D eigenvalue weighted by atomic mass is 10.1. The van der Waals surface area contributed by atoms with Gasteiger partial charge in [-0.1, -0.05) is 41.3 Å². The first kappa shape index (κ1) is 22.8. The molecule has 1 unspecified atom stereocenters. The number of halogens is 1. The summed E-state index contributed by atoms with van der Waals surface area (Å²) in [5, 5.41) is 9.80. The van der Waals surface area contributed by atoms with Gasteiger partial charge in [-0.2, -0.15) is 11.8 Å². The van der Waals surface area contributed by atoms with Gasteiger partial charge in [0.05, 0.1) is 6.04 Å². The topological polar surface area (TPSA) is 35.8 Å². The van der Waals surface area contributed by atoms with Crippen molar-refractivity contribution < 1.29 is 5.11 Å². The maximum Gasteiger partial charge on any atom is 0.133 e. The van der Waals surface area contributed by atoms with E-state index in [9.17, 15) is 5.11 Å². The second kappa shape index (κ2) is 13.1. The van der Waals surface area contributed by atoms with Crippen molar-refractivity contribution in [1.29, 1.82) is 0 Å². The summed E-state index contributed by atoms with van der Waals surface area (Å²) in [4.78, 5) is 5.97. The van der Waals surface area contributed by atoms with Crippen LogP contribution in [0.3, 0.4) is 0 Å². The number of aliphatic imine (C=N–C) groups is 1.